The summed E-state index contributed by atoms with van der Waals surface area (Å²) in [5.74, 6) is 0.422. The van der Waals surface area contributed by atoms with Gasteiger partial charge in [0.2, 0.25) is 5.91 Å². The molecule has 22 heavy (non-hydrogen) atoms. The van der Waals surface area contributed by atoms with Crippen molar-refractivity contribution in [2.24, 2.45) is 0 Å². The Bertz CT molecular complexity index is 689. The van der Waals surface area contributed by atoms with Gasteiger partial charge in [0.15, 0.2) is 0 Å². The Labute approximate surface area is 137 Å². The molecular formula is C16H14ClN3OS. The lowest BCUT2D eigenvalue weighted by molar-refractivity contribution is -0.116. The lowest BCUT2D eigenvalue weighted by Crippen LogP contribution is -2.19. The van der Waals surface area contributed by atoms with E-state index in [0.29, 0.717) is 17.3 Å². The molecule has 0 saturated heterocycles. The van der Waals surface area contributed by atoms with E-state index in [2.05, 4.69) is 15.7 Å². The van der Waals surface area contributed by atoms with Crippen LogP contribution in [0, 0.1) is 0 Å². The minimum absolute atomic E-state index is 0.0199. The molecule has 0 aliphatic heterocycles. The van der Waals surface area contributed by atoms with E-state index >= 15 is 0 Å². The van der Waals surface area contributed by atoms with Gasteiger partial charge in [-0.15, -0.1) is 0 Å². The Morgan fingerprint density at radius 3 is 2.77 bits per heavy atom. The van der Waals surface area contributed by atoms with Crippen LogP contribution >= 0.6 is 22.9 Å². The predicted octanol–water partition coefficient (Wildman–Crippen LogP) is 4.22. The van der Waals surface area contributed by atoms with Crippen molar-refractivity contribution in [2.45, 2.75) is 12.5 Å². The third-order valence-electron chi connectivity index (χ3n) is 3.29. The smallest absolute Gasteiger partial charge is 0.227 e. The van der Waals surface area contributed by atoms with Gasteiger partial charge in [-0.25, -0.2) is 4.98 Å². The number of anilines is 1. The van der Waals surface area contributed by atoms with Crippen LogP contribution in [0.5, 0.6) is 0 Å². The first-order chi connectivity index (χ1) is 10.7. The monoisotopic (exact) mass is 331 g/mol. The maximum absolute atomic E-state index is 12.3. The molecule has 3 heterocycles. The number of rotatable bonds is 5. The summed E-state index contributed by atoms with van der Waals surface area (Å²) in [7, 11) is 0. The average Bonchev–Trinajstić information content (AvgIpc) is 3.21. The fourth-order valence-corrected chi connectivity index (χ4v) is 3.05. The molecule has 0 bridgehead atoms. The van der Waals surface area contributed by atoms with Crippen LogP contribution in [0.2, 0.25) is 5.02 Å². The summed E-state index contributed by atoms with van der Waals surface area (Å²) in [5, 5.41) is 7.43. The van der Waals surface area contributed by atoms with Gasteiger partial charge in [-0.05, 0) is 46.7 Å². The maximum Gasteiger partial charge on any atom is 0.227 e. The molecule has 0 aliphatic rings. The normalized spacial score (nSPS) is 12.0. The fourth-order valence-electron chi connectivity index (χ4n) is 2.23. The van der Waals surface area contributed by atoms with Crippen molar-refractivity contribution in [2.75, 3.05) is 5.32 Å². The van der Waals surface area contributed by atoms with Gasteiger partial charge in [-0.3, -0.25) is 4.79 Å². The summed E-state index contributed by atoms with van der Waals surface area (Å²) in [6.45, 7) is 0. The number of hydrogen-bond acceptors (Lipinski definition) is 3. The average molecular weight is 332 g/mol. The summed E-state index contributed by atoms with van der Waals surface area (Å²) in [6, 6.07) is 9.33. The van der Waals surface area contributed by atoms with Crippen molar-refractivity contribution in [3.05, 3.63) is 70.3 Å². The molecule has 4 nitrogen and oxygen atoms in total. The van der Waals surface area contributed by atoms with Crippen molar-refractivity contribution in [1.29, 1.82) is 0 Å². The van der Waals surface area contributed by atoms with Gasteiger partial charge in [0.1, 0.15) is 5.82 Å². The second kappa shape index (κ2) is 6.77. The molecule has 3 rings (SSSR count). The Morgan fingerprint density at radius 1 is 1.32 bits per heavy atom. The standard InChI is InChI=1S/C16H14ClN3OS/c17-13-3-4-15(18-10-13)19-16(21)9-14(12-5-8-22-11-12)20-6-1-2-7-20/h1-8,10-11,14H,9H2,(H,18,19,21)/t14-/m1/s1. The van der Waals surface area contributed by atoms with Gasteiger partial charge in [0.25, 0.3) is 0 Å². The summed E-state index contributed by atoms with van der Waals surface area (Å²) < 4.78 is 2.04. The zero-order valence-electron chi connectivity index (χ0n) is 11.6. The molecule has 3 aromatic rings. The van der Waals surface area contributed by atoms with E-state index in [1.165, 1.54) is 6.20 Å². The van der Waals surface area contributed by atoms with E-state index in [1.807, 2.05) is 40.5 Å². The molecule has 1 amide bonds. The number of pyridine rings is 1. The number of carbonyl (C=O) groups excluding carboxylic acids is 1. The first-order valence-corrected chi connectivity index (χ1v) is 8.10. The molecular weight excluding hydrogens is 318 g/mol. The van der Waals surface area contributed by atoms with E-state index in [1.54, 1.807) is 23.5 Å². The molecule has 1 atom stereocenters. The largest absolute Gasteiger partial charge is 0.346 e. The van der Waals surface area contributed by atoms with E-state index in [4.69, 9.17) is 11.6 Å². The first kappa shape index (κ1) is 14.8. The minimum atomic E-state index is -0.0836. The lowest BCUT2D eigenvalue weighted by Gasteiger charge is -2.17. The first-order valence-electron chi connectivity index (χ1n) is 6.78. The van der Waals surface area contributed by atoms with Gasteiger partial charge < -0.3 is 9.88 Å². The lowest BCUT2D eigenvalue weighted by atomic mass is 10.1. The van der Waals surface area contributed by atoms with Crippen LogP contribution in [0.15, 0.2) is 59.7 Å². The Kier molecular flexibility index (Phi) is 4.56. The van der Waals surface area contributed by atoms with Crippen LogP contribution in [0.25, 0.3) is 0 Å². The second-order valence-electron chi connectivity index (χ2n) is 4.82. The number of thiophene rings is 1. The molecule has 0 fully saturated rings. The second-order valence-corrected chi connectivity index (χ2v) is 6.03. The molecule has 3 aromatic heterocycles. The summed E-state index contributed by atoms with van der Waals surface area (Å²) in [5.41, 5.74) is 1.13. The van der Waals surface area contributed by atoms with Crippen molar-refractivity contribution in [1.82, 2.24) is 9.55 Å². The SMILES string of the molecule is O=C(C[C@H](c1ccsc1)n1cccc1)Nc1ccc(Cl)cn1. The topological polar surface area (TPSA) is 46.9 Å². The fraction of sp³-hybridized carbons (Fsp3) is 0.125. The van der Waals surface area contributed by atoms with Crippen molar-refractivity contribution in [3.63, 3.8) is 0 Å². The number of carbonyl (C=O) groups is 1. The number of nitrogens with one attached hydrogen (secondary N) is 1. The van der Waals surface area contributed by atoms with E-state index in [9.17, 15) is 4.79 Å². The zero-order valence-corrected chi connectivity index (χ0v) is 13.2. The summed E-state index contributed by atoms with van der Waals surface area (Å²) >= 11 is 7.42. The number of nitrogens with zero attached hydrogens (tertiary/aromatic N) is 2. The zero-order chi connectivity index (χ0) is 15.4. The van der Waals surface area contributed by atoms with Crippen LogP contribution < -0.4 is 5.32 Å². The number of amides is 1. The maximum atomic E-state index is 12.3. The Hall–Kier alpha value is -2.11. The summed E-state index contributed by atoms with van der Waals surface area (Å²) in [6.07, 6.45) is 5.79. The number of halogens is 1. The molecule has 112 valence electrons. The summed E-state index contributed by atoms with van der Waals surface area (Å²) in [4.78, 5) is 16.4. The van der Waals surface area contributed by atoms with Crippen LogP contribution in [0.4, 0.5) is 5.82 Å². The molecule has 0 aliphatic carbocycles. The van der Waals surface area contributed by atoms with Crippen LogP contribution in [0.1, 0.15) is 18.0 Å². The quantitative estimate of drug-likeness (QED) is 0.761. The van der Waals surface area contributed by atoms with Gasteiger partial charge in [0, 0.05) is 18.6 Å². The minimum Gasteiger partial charge on any atom is -0.346 e. The van der Waals surface area contributed by atoms with E-state index in [0.717, 1.165) is 5.56 Å². The van der Waals surface area contributed by atoms with Gasteiger partial charge in [0.05, 0.1) is 17.5 Å². The third kappa shape index (κ3) is 3.55. The molecule has 6 heteroatoms. The van der Waals surface area contributed by atoms with Gasteiger partial charge in [-0.1, -0.05) is 11.6 Å². The molecule has 1 N–H and O–H groups in total. The van der Waals surface area contributed by atoms with Gasteiger partial charge >= 0.3 is 0 Å². The van der Waals surface area contributed by atoms with Crippen LogP contribution in [-0.2, 0) is 4.79 Å². The van der Waals surface area contributed by atoms with Crippen molar-refractivity contribution >= 4 is 34.7 Å². The van der Waals surface area contributed by atoms with Crippen LogP contribution in [-0.4, -0.2) is 15.5 Å². The third-order valence-corrected chi connectivity index (χ3v) is 4.21. The number of aromatic nitrogens is 2. The van der Waals surface area contributed by atoms with Crippen LogP contribution in [0.3, 0.4) is 0 Å². The van der Waals surface area contributed by atoms with Crippen molar-refractivity contribution in [3.8, 4) is 0 Å². The van der Waals surface area contributed by atoms with Crippen molar-refractivity contribution < 1.29 is 4.79 Å². The predicted molar refractivity (Wildman–Crippen MR) is 89.4 cm³/mol. The highest BCUT2D eigenvalue weighted by Crippen LogP contribution is 2.25. The molecule has 0 aromatic carbocycles. The highest BCUT2D eigenvalue weighted by Gasteiger charge is 2.18. The molecule has 0 unspecified atom stereocenters. The Morgan fingerprint density at radius 2 is 2.14 bits per heavy atom. The van der Waals surface area contributed by atoms with E-state index in [-0.39, 0.29) is 11.9 Å². The molecule has 0 radical (unpaired) electrons. The highest BCUT2D eigenvalue weighted by atomic mass is 35.5. The molecule has 0 saturated carbocycles. The van der Waals surface area contributed by atoms with Gasteiger partial charge in [-0.2, -0.15) is 11.3 Å². The molecule has 0 spiro atoms. The number of hydrogen-bond donors (Lipinski definition) is 1. The highest BCUT2D eigenvalue weighted by molar-refractivity contribution is 7.08. The Balaban J connectivity index is 1.73. The van der Waals surface area contributed by atoms with E-state index < -0.39 is 0 Å².